The van der Waals surface area contributed by atoms with Crippen LogP contribution in [0.5, 0.6) is 0 Å². The highest BCUT2D eigenvalue weighted by molar-refractivity contribution is 5.75. The first kappa shape index (κ1) is 14.4. The molecule has 1 unspecified atom stereocenters. The number of rotatable bonds is 8. The van der Waals surface area contributed by atoms with Crippen molar-refractivity contribution in [3.8, 4) is 0 Å². The molecule has 0 aromatic carbocycles. The molecular formula is C11H24N2O2. The van der Waals surface area contributed by atoms with E-state index in [0.29, 0.717) is 12.5 Å². The van der Waals surface area contributed by atoms with Crippen molar-refractivity contribution in [2.45, 2.75) is 32.7 Å². The predicted octanol–water partition coefficient (Wildman–Crippen LogP) is 0.869. The van der Waals surface area contributed by atoms with Crippen molar-refractivity contribution in [2.75, 3.05) is 33.9 Å². The van der Waals surface area contributed by atoms with Crippen LogP contribution in [0.2, 0.25) is 0 Å². The minimum atomic E-state index is 0.189. The first-order valence-corrected chi connectivity index (χ1v) is 5.59. The fourth-order valence-electron chi connectivity index (χ4n) is 1.17. The maximum atomic E-state index is 11.2. The lowest BCUT2D eigenvalue weighted by Gasteiger charge is -2.14. The summed E-state index contributed by atoms with van der Waals surface area (Å²) >= 11 is 0. The van der Waals surface area contributed by atoms with Crippen LogP contribution in [0.15, 0.2) is 0 Å². The number of hydrogen-bond donors (Lipinski definition) is 1. The third-order valence-electron chi connectivity index (χ3n) is 2.13. The number of nitrogens with one attached hydrogen (secondary N) is 1. The van der Waals surface area contributed by atoms with E-state index in [1.807, 2.05) is 6.92 Å². The second kappa shape index (κ2) is 8.68. The molecule has 0 rings (SSSR count). The molecule has 15 heavy (non-hydrogen) atoms. The van der Waals surface area contributed by atoms with Gasteiger partial charge in [0.2, 0.25) is 5.91 Å². The second-order valence-electron chi connectivity index (χ2n) is 3.91. The summed E-state index contributed by atoms with van der Waals surface area (Å²) in [4.78, 5) is 12.9. The zero-order valence-corrected chi connectivity index (χ0v) is 10.4. The van der Waals surface area contributed by atoms with Crippen LogP contribution in [0.25, 0.3) is 0 Å². The third kappa shape index (κ3) is 8.39. The van der Waals surface area contributed by atoms with Crippen LogP contribution in [0.3, 0.4) is 0 Å². The number of hydrogen-bond acceptors (Lipinski definition) is 3. The van der Waals surface area contributed by atoms with Gasteiger partial charge in [0.1, 0.15) is 0 Å². The van der Waals surface area contributed by atoms with Crippen molar-refractivity contribution in [1.82, 2.24) is 10.2 Å². The van der Waals surface area contributed by atoms with Crippen LogP contribution in [-0.2, 0) is 9.53 Å². The number of nitrogens with zero attached hydrogens (tertiary/aromatic N) is 1. The van der Waals surface area contributed by atoms with Gasteiger partial charge in [-0.2, -0.15) is 0 Å². The van der Waals surface area contributed by atoms with Crippen LogP contribution >= 0.6 is 0 Å². The van der Waals surface area contributed by atoms with Crippen LogP contribution in [-0.4, -0.2) is 50.7 Å². The Balaban J connectivity index is 3.34. The molecular weight excluding hydrogens is 192 g/mol. The molecule has 0 aliphatic rings. The van der Waals surface area contributed by atoms with E-state index in [4.69, 9.17) is 4.74 Å². The Kier molecular flexibility index (Phi) is 8.33. The number of carbonyl (C=O) groups excluding carboxylic acids is 1. The van der Waals surface area contributed by atoms with Crippen molar-refractivity contribution in [1.29, 1.82) is 0 Å². The van der Waals surface area contributed by atoms with Crippen molar-refractivity contribution < 1.29 is 9.53 Å². The average Bonchev–Trinajstić information content (AvgIpc) is 2.20. The largest absolute Gasteiger partial charge is 0.380 e. The first-order valence-electron chi connectivity index (χ1n) is 5.59. The highest BCUT2D eigenvalue weighted by Crippen LogP contribution is 1.93. The van der Waals surface area contributed by atoms with Gasteiger partial charge >= 0.3 is 0 Å². The molecule has 0 spiro atoms. The van der Waals surface area contributed by atoms with Gasteiger partial charge in [-0.1, -0.05) is 0 Å². The van der Waals surface area contributed by atoms with Crippen molar-refractivity contribution in [3.05, 3.63) is 0 Å². The average molecular weight is 216 g/mol. The van der Waals surface area contributed by atoms with Crippen molar-refractivity contribution in [3.63, 3.8) is 0 Å². The molecule has 4 heteroatoms. The van der Waals surface area contributed by atoms with E-state index in [1.165, 1.54) is 0 Å². The Morgan fingerprint density at radius 2 is 2.13 bits per heavy atom. The van der Waals surface area contributed by atoms with Crippen LogP contribution in [0.4, 0.5) is 0 Å². The van der Waals surface area contributed by atoms with Crippen LogP contribution in [0.1, 0.15) is 26.7 Å². The summed E-state index contributed by atoms with van der Waals surface area (Å²) < 4.78 is 5.27. The zero-order chi connectivity index (χ0) is 11.7. The molecule has 0 aliphatic carbocycles. The Morgan fingerprint density at radius 1 is 1.47 bits per heavy atom. The lowest BCUT2D eigenvalue weighted by Crippen LogP contribution is -2.32. The van der Waals surface area contributed by atoms with Gasteiger partial charge in [0.25, 0.3) is 0 Å². The molecule has 0 aromatic rings. The van der Waals surface area contributed by atoms with Gasteiger partial charge in [-0.05, 0) is 26.8 Å². The van der Waals surface area contributed by atoms with E-state index in [0.717, 1.165) is 26.2 Å². The SMILES string of the molecule is CCOCC(C)NCCCC(=O)N(C)C. The summed E-state index contributed by atoms with van der Waals surface area (Å²) in [6.07, 6.45) is 1.49. The van der Waals surface area contributed by atoms with Crippen molar-refractivity contribution >= 4 is 5.91 Å². The van der Waals surface area contributed by atoms with Crippen LogP contribution in [0, 0.1) is 0 Å². The summed E-state index contributed by atoms with van der Waals surface area (Å²) in [6.45, 7) is 6.43. The van der Waals surface area contributed by atoms with E-state index >= 15 is 0 Å². The van der Waals surface area contributed by atoms with E-state index in [-0.39, 0.29) is 5.91 Å². The Labute approximate surface area is 93.0 Å². The monoisotopic (exact) mass is 216 g/mol. The molecule has 0 saturated carbocycles. The summed E-state index contributed by atoms with van der Waals surface area (Å²) in [6, 6.07) is 0.361. The van der Waals surface area contributed by atoms with Gasteiger partial charge in [0.15, 0.2) is 0 Å². The molecule has 90 valence electrons. The van der Waals surface area contributed by atoms with E-state index in [9.17, 15) is 4.79 Å². The Hall–Kier alpha value is -0.610. The predicted molar refractivity (Wildman–Crippen MR) is 61.9 cm³/mol. The molecule has 0 radical (unpaired) electrons. The van der Waals surface area contributed by atoms with Gasteiger partial charge < -0.3 is 15.0 Å². The van der Waals surface area contributed by atoms with Gasteiger partial charge in [0, 0.05) is 33.2 Å². The fourth-order valence-corrected chi connectivity index (χ4v) is 1.17. The van der Waals surface area contributed by atoms with Gasteiger partial charge in [-0.25, -0.2) is 0 Å². The summed E-state index contributed by atoms with van der Waals surface area (Å²) in [5.74, 6) is 0.189. The van der Waals surface area contributed by atoms with Crippen LogP contribution < -0.4 is 5.32 Å². The second-order valence-corrected chi connectivity index (χ2v) is 3.91. The molecule has 0 fully saturated rings. The zero-order valence-electron chi connectivity index (χ0n) is 10.4. The quantitative estimate of drug-likeness (QED) is 0.612. The summed E-state index contributed by atoms with van der Waals surface area (Å²) in [5, 5.41) is 3.32. The molecule has 0 aromatic heterocycles. The summed E-state index contributed by atoms with van der Waals surface area (Å²) in [5.41, 5.74) is 0. The number of ether oxygens (including phenoxy) is 1. The first-order chi connectivity index (χ1) is 7.07. The normalized spacial score (nSPS) is 12.5. The number of carbonyl (C=O) groups is 1. The molecule has 0 saturated heterocycles. The Morgan fingerprint density at radius 3 is 2.67 bits per heavy atom. The van der Waals surface area contributed by atoms with Gasteiger partial charge in [-0.15, -0.1) is 0 Å². The van der Waals surface area contributed by atoms with Gasteiger partial charge in [0.05, 0.1) is 6.61 Å². The van der Waals surface area contributed by atoms with Gasteiger partial charge in [-0.3, -0.25) is 4.79 Å². The molecule has 1 amide bonds. The molecule has 4 nitrogen and oxygen atoms in total. The van der Waals surface area contributed by atoms with E-state index < -0.39 is 0 Å². The smallest absolute Gasteiger partial charge is 0.222 e. The Bertz CT molecular complexity index is 172. The lowest BCUT2D eigenvalue weighted by molar-refractivity contribution is -0.128. The minimum Gasteiger partial charge on any atom is -0.380 e. The van der Waals surface area contributed by atoms with E-state index in [2.05, 4.69) is 12.2 Å². The molecule has 0 aliphatic heterocycles. The maximum absolute atomic E-state index is 11.2. The highest BCUT2D eigenvalue weighted by Gasteiger charge is 2.04. The molecule has 1 N–H and O–H groups in total. The summed E-state index contributed by atoms with van der Waals surface area (Å²) in [7, 11) is 3.57. The fraction of sp³-hybridized carbons (Fsp3) is 0.909. The number of amides is 1. The topological polar surface area (TPSA) is 41.6 Å². The molecule has 0 bridgehead atoms. The minimum absolute atomic E-state index is 0.189. The highest BCUT2D eigenvalue weighted by atomic mass is 16.5. The maximum Gasteiger partial charge on any atom is 0.222 e. The molecule has 0 heterocycles. The van der Waals surface area contributed by atoms with E-state index in [1.54, 1.807) is 19.0 Å². The third-order valence-corrected chi connectivity index (χ3v) is 2.13. The lowest BCUT2D eigenvalue weighted by atomic mass is 10.2. The molecule has 1 atom stereocenters. The van der Waals surface area contributed by atoms with Crippen molar-refractivity contribution in [2.24, 2.45) is 0 Å². The standard InChI is InChI=1S/C11H24N2O2/c1-5-15-9-10(2)12-8-6-7-11(14)13(3)4/h10,12H,5-9H2,1-4H3.